The quantitative estimate of drug-likeness (QED) is 0.904. The second kappa shape index (κ2) is 7.15. The maximum absolute atomic E-state index is 12.1. The monoisotopic (exact) mass is 332 g/mol. The lowest BCUT2D eigenvalue weighted by Gasteiger charge is -2.36. The van der Waals surface area contributed by atoms with Crippen molar-refractivity contribution in [3.8, 4) is 0 Å². The molecule has 1 unspecified atom stereocenters. The number of amides is 1. The lowest BCUT2D eigenvalue weighted by atomic mass is 10.0. The van der Waals surface area contributed by atoms with Gasteiger partial charge in [0.25, 0.3) is 5.91 Å². The summed E-state index contributed by atoms with van der Waals surface area (Å²) in [6.07, 6.45) is 7.20. The molecular weight excluding hydrogens is 312 g/mol. The molecular formula is C17H21ClN4O. The SMILES string of the molecule is CC(c1ccncc1)N1CCC(NC(=O)c2cc(Cl)c[nH]2)CC1. The molecule has 1 saturated heterocycles. The first-order valence-corrected chi connectivity index (χ1v) is 8.30. The molecule has 0 aromatic carbocycles. The van der Waals surface area contributed by atoms with Crippen LogP contribution < -0.4 is 5.32 Å². The minimum absolute atomic E-state index is 0.0856. The average molecular weight is 333 g/mol. The highest BCUT2D eigenvalue weighted by Gasteiger charge is 2.25. The molecule has 2 aromatic rings. The summed E-state index contributed by atoms with van der Waals surface area (Å²) in [7, 11) is 0. The molecule has 2 aromatic heterocycles. The van der Waals surface area contributed by atoms with Crippen LogP contribution in [0.25, 0.3) is 0 Å². The Morgan fingerprint density at radius 3 is 2.70 bits per heavy atom. The molecule has 0 radical (unpaired) electrons. The van der Waals surface area contributed by atoms with Gasteiger partial charge in [-0.2, -0.15) is 0 Å². The van der Waals surface area contributed by atoms with E-state index in [0.717, 1.165) is 25.9 Å². The highest BCUT2D eigenvalue weighted by Crippen LogP contribution is 2.23. The Labute approximate surface area is 141 Å². The van der Waals surface area contributed by atoms with Crippen molar-refractivity contribution in [2.24, 2.45) is 0 Å². The minimum Gasteiger partial charge on any atom is -0.356 e. The molecule has 0 aliphatic carbocycles. The zero-order valence-corrected chi connectivity index (χ0v) is 13.9. The largest absolute Gasteiger partial charge is 0.356 e. The number of nitrogens with zero attached hydrogens (tertiary/aromatic N) is 2. The fourth-order valence-electron chi connectivity index (χ4n) is 3.05. The first-order chi connectivity index (χ1) is 11.1. The summed E-state index contributed by atoms with van der Waals surface area (Å²) < 4.78 is 0. The summed E-state index contributed by atoms with van der Waals surface area (Å²) in [5.74, 6) is -0.0856. The van der Waals surface area contributed by atoms with E-state index in [0.29, 0.717) is 16.8 Å². The van der Waals surface area contributed by atoms with Crippen LogP contribution in [0.15, 0.2) is 36.8 Å². The van der Waals surface area contributed by atoms with Crippen LogP contribution in [-0.2, 0) is 0 Å². The average Bonchev–Trinajstić information content (AvgIpc) is 3.02. The van der Waals surface area contributed by atoms with Gasteiger partial charge in [0.2, 0.25) is 0 Å². The van der Waals surface area contributed by atoms with E-state index in [1.165, 1.54) is 5.56 Å². The van der Waals surface area contributed by atoms with Gasteiger partial charge in [0.15, 0.2) is 0 Å². The molecule has 1 aliphatic heterocycles. The van der Waals surface area contributed by atoms with Crippen molar-refractivity contribution in [1.29, 1.82) is 0 Å². The topological polar surface area (TPSA) is 61.0 Å². The predicted molar refractivity (Wildman–Crippen MR) is 90.5 cm³/mol. The van der Waals surface area contributed by atoms with Crippen molar-refractivity contribution >= 4 is 17.5 Å². The van der Waals surface area contributed by atoms with E-state index in [1.807, 2.05) is 12.4 Å². The molecule has 1 aliphatic rings. The Hall–Kier alpha value is -1.85. The van der Waals surface area contributed by atoms with Crippen molar-refractivity contribution in [3.63, 3.8) is 0 Å². The number of pyridine rings is 1. The third-order valence-corrected chi connectivity index (χ3v) is 4.71. The number of hydrogen-bond donors (Lipinski definition) is 2. The van der Waals surface area contributed by atoms with Gasteiger partial charge in [0, 0.05) is 43.8 Å². The van der Waals surface area contributed by atoms with Crippen LogP contribution in [0.5, 0.6) is 0 Å². The van der Waals surface area contributed by atoms with E-state index in [1.54, 1.807) is 12.3 Å². The third-order valence-electron chi connectivity index (χ3n) is 4.49. The fraction of sp³-hybridized carbons (Fsp3) is 0.412. The maximum atomic E-state index is 12.1. The summed E-state index contributed by atoms with van der Waals surface area (Å²) >= 11 is 5.84. The number of rotatable bonds is 4. The maximum Gasteiger partial charge on any atom is 0.267 e. The lowest BCUT2D eigenvalue weighted by Crippen LogP contribution is -2.45. The Kier molecular flexibility index (Phi) is 4.98. The fourth-order valence-corrected chi connectivity index (χ4v) is 3.21. The molecule has 23 heavy (non-hydrogen) atoms. The highest BCUT2D eigenvalue weighted by molar-refractivity contribution is 6.30. The van der Waals surface area contributed by atoms with Crippen LogP contribution in [0.3, 0.4) is 0 Å². The summed E-state index contributed by atoms with van der Waals surface area (Å²) in [6.45, 7) is 4.16. The second-order valence-electron chi connectivity index (χ2n) is 5.97. The molecule has 122 valence electrons. The molecule has 0 bridgehead atoms. The Morgan fingerprint density at radius 1 is 1.39 bits per heavy atom. The summed E-state index contributed by atoms with van der Waals surface area (Å²) in [5.41, 5.74) is 1.80. The van der Waals surface area contributed by atoms with Crippen molar-refractivity contribution in [2.45, 2.75) is 31.8 Å². The van der Waals surface area contributed by atoms with E-state index in [2.05, 4.69) is 39.2 Å². The van der Waals surface area contributed by atoms with Crippen molar-refractivity contribution in [1.82, 2.24) is 20.2 Å². The molecule has 0 spiro atoms. The molecule has 3 heterocycles. The summed E-state index contributed by atoms with van der Waals surface area (Å²) in [6, 6.07) is 6.36. The number of aromatic nitrogens is 2. The number of aromatic amines is 1. The van der Waals surface area contributed by atoms with Crippen LogP contribution in [0.2, 0.25) is 5.02 Å². The normalized spacial score (nSPS) is 17.8. The molecule has 1 amide bonds. The molecule has 1 atom stereocenters. The molecule has 5 nitrogen and oxygen atoms in total. The van der Waals surface area contributed by atoms with Crippen LogP contribution in [0.4, 0.5) is 0 Å². The molecule has 6 heteroatoms. The highest BCUT2D eigenvalue weighted by atomic mass is 35.5. The summed E-state index contributed by atoms with van der Waals surface area (Å²) in [5, 5.41) is 3.63. The van der Waals surface area contributed by atoms with Crippen molar-refractivity contribution in [3.05, 3.63) is 53.1 Å². The Balaban J connectivity index is 1.51. The first kappa shape index (κ1) is 16.0. The van der Waals surface area contributed by atoms with Gasteiger partial charge in [0.05, 0.1) is 5.02 Å². The number of nitrogens with one attached hydrogen (secondary N) is 2. The second-order valence-corrected chi connectivity index (χ2v) is 6.41. The number of piperidine rings is 1. The van der Waals surface area contributed by atoms with E-state index < -0.39 is 0 Å². The predicted octanol–water partition coefficient (Wildman–Crippen LogP) is 3.02. The van der Waals surface area contributed by atoms with Gasteiger partial charge >= 0.3 is 0 Å². The molecule has 1 fully saturated rings. The van der Waals surface area contributed by atoms with Gasteiger partial charge < -0.3 is 10.3 Å². The summed E-state index contributed by atoms with van der Waals surface area (Å²) in [4.78, 5) is 21.5. The van der Waals surface area contributed by atoms with Crippen molar-refractivity contribution < 1.29 is 4.79 Å². The number of hydrogen-bond acceptors (Lipinski definition) is 3. The Bertz CT molecular complexity index is 650. The van der Waals surface area contributed by atoms with Gasteiger partial charge in [-0.05, 0) is 43.5 Å². The number of carbonyl (C=O) groups is 1. The van der Waals surface area contributed by atoms with Crippen LogP contribution in [-0.4, -0.2) is 39.9 Å². The van der Waals surface area contributed by atoms with Gasteiger partial charge in [0.1, 0.15) is 5.69 Å². The molecule has 2 N–H and O–H groups in total. The van der Waals surface area contributed by atoms with Crippen molar-refractivity contribution in [2.75, 3.05) is 13.1 Å². The van der Waals surface area contributed by atoms with Crippen LogP contribution in [0.1, 0.15) is 41.9 Å². The molecule has 3 rings (SSSR count). The van der Waals surface area contributed by atoms with Crippen LogP contribution in [0, 0.1) is 0 Å². The van der Waals surface area contributed by atoms with E-state index in [-0.39, 0.29) is 11.9 Å². The van der Waals surface area contributed by atoms with E-state index in [4.69, 9.17) is 11.6 Å². The zero-order chi connectivity index (χ0) is 16.2. The number of likely N-dealkylation sites (tertiary alicyclic amines) is 1. The smallest absolute Gasteiger partial charge is 0.267 e. The molecule has 0 saturated carbocycles. The lowest BCUT2D eigenvalue weighted by molar-refractivity contribution is 0.0891. The number of halogens is 1. The minimum atomic E-state index is -0.0856. The van der Waals surface area contributed by atoms with Gasteiger partial charge in [-0.15, -0.1) is 0 Å². The number of carbonyl (C=O) groups excluding carboxylic acids is 1. The van der Waals surface area contributed by atoms with Crippen LogP contribution >= 0.6 is 11.6 Å². The standard InChI is InChI=1S/C17H21ClN4O/c1-12(13-2-6-19-7-3-13)22-8-4-15(5-9-22)21-17(23)16-10-14(18)11-20-16/h2-3,6-7,10-12,15,20H,4-5,8-9H2,1H3,(H,21,23). The van der Waals surface area contributed by atoms with E-state index >= 15 is 0 Å². The zero-order valence-electron chi connectivity index (χ0n) is 13.1. The number of H-pyrrole nitrogens is 1. The third kappa shape index (κ3) is 3.92. The Morgan fingerprint density at radius 2 is 2.09 bits per heavy atom. The van der Waals surface area contributed by atoms with E-state index in [9.17, 15) is 4.79 Å². The van der Waals surface area contributed by atoms with Gasteiger partial charge in [-0.1, -0.05) is 11.6 Å². The van der Waals surface area contributed by atoms with Gasteiger partial charge in [-0.3, -0.25) is 14.7 Å². The first-order valence-electron chi connectivity index (χ1n) is 7.92. The van der Waals surface area contributed by atoms with Gasteiger partial charge in [-0.25, -0.2) is 0 Å².